The highest BCUT2D eigenvalue weighted by atomic mass is 16.5. The number of carbonyl (C=O) groups excluding carboxylic acids is 2. The average Bonchev–Trinajstić information content (AvgIpc) is 2.17. The Kier molecular flexibility index (Phi) is 6.17. The van der Waals surface area contributed by atoms with Gasteiger partial charge in [0.15, 0.2) is 0 Å². The minimum atomic E-state index is -0.937. The van der Waals surface area contributed by atoms with Gasteiger partial charge in [-0.25, -0.2) is 0 Å². The molecule has 0 aliphatic heterocycles. The van der Waals surface area contributed by atoms with Crippen molar-refractivity contribution in [1.82, 2.24) is 0 Å². The Morgan fingerprint density at radius 1 is 1.47 bits per heavy atom. The second-order valence-electron chi connectivity index (χ2n) is 4.22. The molecule has 4 heteroatoms. The van der Waals surface area contributed by atoms with Crippen LogP contribution in [0.5, 0.6) is 0 Å². The summed E-state index contributed by atoms with van der Waals surface area (Å²) in [6, 6.07) is 0. The van der Waals surface area contributed by atoms with Gasteiger partial charge in [-0.15, -0.1) is 0 Å². The third kappa shape index (κ3) is 4.42. The number of carbonyl (C=O) groups is 2. The van der Waals surface area contributed by atoms with Gasteiger partial charge in [0.1, 0.15) is 12.4 Å². The van der Waals surface area contributed by atoms with Crippen LogP contribution < -0.4 is 5.73 Å². The third-order valence-electron chi connectivity index (χ3n) is 2.52. The number of aldehydes is 1. The Morgan fingerprint density at radius 3 is 2.47 bits per heavy atom. The lowest BCUT2D eigenvalue weighted by atomic mass is 9.86. The van der Waals surface area contributed by atoms with E-state index in [1.54, 1.807) is 13.8 Å². The van der Waals surface area contributed by atoms with Gasteiger partial charge in [0.25, 0.3) is 0 Å². The molecule has 88 valence electrons. The van der Waals surface area contributed by atoms with Gasteiger partial charge in [0.05, 0.1) is 5.41 Å². The summed E-state index contributed by atoms with van der Waals surface area (Å²) < 4.78 is 5.35. The van der Waals surface area contributed by atoms with Crippen LogP contribution in [0, 0.1) is 5.41 Å². The van der Waals surface area contributed by atoms with Crippen molar-refractivity contribution in [1.29, 1.82) is 0 Å². The molecule has 1 amide bonds. The first-order valence-electron chi connectivity index (χ1n) is 5.33. The molecular formula is C11H21NO3. The summed E-state index contributed by atoms with van der Waals surface area (Å²) in [6.45, 7) is 5.82. The minimum absolute atomic E-state index is 0.494. The second-order valence-corrected chi connectivity index (χ2v) is 4.22. The number of primary amides is 1. The van der Waals surface area contributed by atoms with Crippen molar-refractivity contribution in [3.05, 3.63) is 0 Å². The Bertz CT molecular complexity index is 214. The van der Waals surface area contributed by atoms with Crippen LogP contribution in [0.4, 0.5) is 0 Å². The number of rotatable bonds is 8. The zero-order valence-electron chi connectivity index (χ0n) is 9.79. The smallest absolute Gasteiger partial charge is 0.226 e. The summed E-state index contributed by atoms with van der Waals surface area (Å²) in [4.78, 5) is 21.9. The van der Waals surface area contributed by atoms with E-state index in [1.165, 1.54) is 0 Å². The van der Waals surface area contributed by atoms with Crippen LogP contribution in [0.15, 0.2) is 0 Å². The summed E-state index contributed by atoms with van der Waals surface area (Å²) in [5.74, 6) is -0.518. The van der Waals surface area contributed by atoms with Crippen LogP contribution in [-0.2, 0) is 14.3 Å². The number of unbranched alkanes of at least 4 members (excludes halogenated alkanes) is 2. The number of amides is 1. The van der Waals surface area contributed by atoms with E-state index >= 15 is 0 Å². The van der Waals surface area contributed by atoms with Gasteiger partial charge in [-0.1, -0.05) is 19.8 Å². The summed E-state index contributed by atoms with van der Waals surface area (Å²) >= 11 is 0. The van der Waals surface area contributed by atoms with Gasteiger partial charge in [-0.3, -0.25) is 4.79 Å². The van der Waals surface area contributed by atoms with Crippen molar-refractivity contribution >= 4 is 12.2 Å². The molecule has 15 heavy (non-hydrogen) atoms. The molecule has 0 fully saturated rings. The van der Waals surface area contributed by atoms with Gasteiger partial charge < -0.3 is 15.3 Å². The molecule has 4 nitrogen and oxygen atoms in total. The highest BCUT2D eigenvalue weighted by Crippen LogP contribution is 2.21. The van der Waals surface area contributed by atoms with Crippen LogP contribution in [0.3, 0.4) is 0 Å². The van der Waals surface area contributed by atoms with Crippen LogP contribution in [0.1, 0.15) is 40.0 Å². The number of ether oxygens (including phenoxy) is 1. The lowest BCUT2D eigenvalue weighted by molar-refractivity contribution is -0.141. The van der Waals surface area contributed by atoms with Crippen molar-refractivity contribution in [3.8, 4) is 0 Å². The number of hydrogen-bond acceptors (Lipinski definition) is 3. The SMILES string of the molecule is CCCCCOC(C=O)C(C)(C)C(N)=O. The van der Waals surface area contributed by atoms with Crippen LogP contribution in [0.25, 0.3) is 0 Å². The normalized spacial score (nSPS) is 13.5. The maximum atomic E-state index is 11.1. The molecular weight excluding hydrogens is 194 g/mol. The molecule has 0 radical (unpaired) electrons. The largest absolute Gasteiger partial charge is 0.370 e. The first kappa shape index (κ1) is 14.1. The van der Waals surface area contributed by atoms with E-state index in [4.69, 9.17) is 10.5 Å². The van der Waals surface area contributed by atoms with Crippen LogP contribution >= 0.6 is 0 Å². The molecule has 1 atom stereocenters. The van der Waals surface area contributed by atoms with Crippen molar-refractivity contribution in [2.24, 2.45) is 11.1 Å². The third-order valence-corrected chi connectivity index (χ3v) is 2.52. The Morgan fingerprint density at radius 2 is 2.07 bits per heavy atom. The lowest BCUT2D eigenvalue weighted by Crippen LogP contribution is -2.44. The molecule has 0 aliphatic carbocycles. The van der Waals surface area contributed by atoms with E-state index in [-0.39, 0.29) is 0 Å². The fourth-order valence-electron chi connectivity index (χ4n) is 1.12. The molecule has 0 aliphatic rings. The first-order chi connectivity index (χ1) is 6.96. The van der Waals surface area contributed by atoms with Gasteiger partial charge in [0, 0.05) is 6.61 Å². The molecule has 1 unspecified atom stereocenters. The molecule has 0 aromatic rings. The monoisotopic (exact) mass is 215 g/mol. The fraction of sp³-hybridized carbons (Fsp3) is 0.818. The van der Waals surface area contributed by atoms with Gasteiger partial charge >= 0.3 is 0 Å². The average molecular weight is 215 g/mol. The highest BCUT2D eigenvalue weighted by molar-refractivity contribution is 5.84. The Hall–Kier alpha value is -0.900. The van der Waals surface area contributed by atoms with Crippen LogP contribution in [-0.4, -0.2) is 24.9 Å². The second kappa shape index (κ2) is 6.56. The van der Waals surface area contributed by atoms with Crippen molar-refractivity contribution < 1.29 is 14.3 Å². The molecule has 2 N–H and O–H groups in total. The predicted octanol–water partition coefficient (Wildman–Crippen LogP) is 1.27. The topological polar surface area (TPSA) is 69.4 Å². The van der Waals surface area contributed by atoms with E-state index in [2.05, 4.69) is 6.92 Å². The molecule has 0 aromatic carbocycles. The van der Waals surface area contributed by atoms with E-state index in [0.29, 0.717) is 12.9 Å². The maximum absolute atomic E-state index is 11.1. The van der Waals surface area contributed by atoms with Crippen molar-refractivity contribution in [3.63, 3.8) is 0 Å². The molecule has 0 spiro atoms. The lowest BCUT2D eigenvalue weighted by Gasteiger charge is -2.27. The van der Waals surface area contributed by atoms with E-state index in [0.717, 1.165) is 19.3 Å². The molecule has 0 saturated carbocycles. The van der Waals surface area contributed by atoms with Gasteiger partial charge in [0.2, 0.25) is 5.91 Å². The minimum Gasteiger partial charge on any atom is -0.370 e. The van der Waals surface area contributed by atoms with Crippen LogP contribution in [0.2, 0.25) is 0 Å². The number of nitrogens with two attached hydrogens (primary N) is 1. The molecule has 0 rings (SSSR count). The van der Waals surface area contributed by atoms with Gasteiger partial charge in [-0.05, 0) is 20.3 Å². The summed E-state index contributed by atoms with van der Waals surface area (Å²) in [7, 11) is 0. The number of hydrogen-bond donors (Lipinski definition) is 1. The summed E-state index contributed by atoms with van der Waals surface area (Å²) in [6.07, 6.45) is 2.95. The summed E-state index contributed by atoms with van der Waals surface area (Å²) in [5.41, 5.74) is 4.26. The van der Waals surface area contributed by atoms with Gasteiger partial charge in [-0.2, -0.15) is 0 Å². The van der Waals surface area contributed by atoms with E-state index in [1.807, 2.05) is 0 Å². The van der Waals surface area contributed by atoms with Crippen molar-refractivity contribution in [2.75, 3.05) is 6.61 Å². The molecule has 0 aromatic heterocycles. The summed E-state index contributed by atoms with van der Waals surface area (Å²) in [5, 5.41) is 0. The Balaban J connectivity index is 4.13. The quantitative estimate of drug-likeness (QED) is 0.489. The van der Waals surface area contributed by atoms with E-state index < -0.39 is 17.4 Å². The Labute approximate surface area is 91.2 Å². The van der Waals surface area contributed by atoms with E-state index in [9.17, 15) is 9.59 Å². The first-order valence-corrected chi connectivity index (χ1v) is 5.33. The standard InChI is InChI=1S/C11H21NO3/c1-4-5-6-7-15-9(8-13)11(2,3)10(12)14/h8-9H,4-7H2,1-3H3,(H2,12,14). The molecule has 0 bridgehead atoms. The zero-order valence-corrected chi connectivity index (χ0v) is 9.79. The molecule has 0 heterocycles. The maximum Gasteiger partial charge on any atom is 0.226 e. The predicted molar refractivity (Wildman–Crippen MR) is 58.3 cm³/mol. The fourth-order valence-corrected chi connectivity index (χ4v) is 1.12. The zero-order chi connectivity index (χ0) is 11.9. The van der Waals surface area contributed by atoms with Crippen molar-refractivity contribution in [2.45, 2.75) is 46.1 Å². The molecule has 0 saturated heterocycles. The highest BCUT2D eigenvalue weighted by Gasteiger charge is 2.35.